The Hall–Kier alpha value is -1.35. The molecular formula is C14H18O3. The third-order valence-corrected chi connectivity index (χ3v) is 3.13. The van der Waals surface area contributed by atoms with Gasteiger partial charge in [0.15, 0.2) is 0 Å². The number of hydrogen-bond acceptors (Lipinski definition) is 3. The van der Waals surface area contributed by atoms with Crippen molar-refractivity contribution < 1.29 is 14.3 Å². The summed E-state index contributed by atoms with van der Waals surface area (Å²) in [5, 5.41) is 0. The fraction of sp³-hybridized carbons (Fsp3) is 0.500. The van der Waals surface area contributed by atoms with Gasteiger partial charge in [-0.25, -0.2) is 0 Å². The van der Waals surface area contributed by atoms with Gasteiger partial charge in [0.1, 0.15) is 5.60 Å². The largest absolute Gasteiger partial charge is 0.459 e. The number of carbonyl (C=O) groups excluding carboxylic acids is 1. The normalized spacial score (nSPS) is 28.7. The Kier molecular flexibility index (Phi) is 3.48. The van der Waals surface area contributed by atoms with E-state index in [9.17, 15) is 4.79 Å². The van der Waals surface area contributed by atoms with Gasteiger partial charge in [-0.1, -0.05) is 30.3 Å². The number of esters is 1. The van der Waals surface area contributed by atoms with Gasteiger partial charge in [-0.05, 0) is 12.5 Å². The van der Waals surface area contributed by atoms with E-state index in [4.69, 9.17) is 9.47 Å². The minimum atomic E-state index is -0.398. The number of rotatable bonds is 2. The molecule has 2 atom stereocenters. The average molecular weight is 234 g/mol. The summed E-state index contributed by atoms with van der Waals surface area (Å²) in [4.78, 5) is 11.1. The minimum absolute atomic E-state index is 0.0225. The number of carbonyl (C=O) groups is 1. The molecule has 0 bridgehead atoms. The standard InChI is InChI=1S/C14H18O3/c1-11(15)17-14(2)8-9-16-13(10-14)12-6-4-3-5-7-12/h3-7,13H,8-10H2,1-2H3. The Morgan fingerprint density at radius 1 is 1.41 bits per heavy atom. The lowest BCUT2D eigenvalue weighted by Gasteiger charge is -2.37. The molecule has 1 fully saturated rings. The maximum atomic E-state index is 11.1. The van der Waals surface area contributed by atoms with Crippen LogP contribution in [0.3, 0.4) is 0 Å². The summed E-state index contributed by atoms with van der Waals surface area (Å²) in [6.45, 7) is 4.06. The Morgan fingerprint density at radius 2 is 2.12 bits per heavy atom. The van der Waals surface area contributed by atoms with Crippen molar-refractivity contribution in [1.29, 1.82) is 0 Å². The molecule has 2 rings (SSSR count). The van der Waals surface area contributed by atoms with Crippen molar-refractivity contribution >= 4 is 5.97 Å². The van der Waals surface area contributed by atoms with Crippen LogP contribution < -0.4 is 0 Å². The van der Waals surface area contributed by atoms with Crippen molar-refractivity contribution in [2.45, 2.75) is 38.4 Å². The van der Waals surface area contributed by atoms with Gasteiger partial charge in [0.05, 0.1) is 12.7 Å². The van der Waals surface area contributed by atoms with Crippen molar-refractivity contribution in [3.8, 4) is 0 Å². The number of hydrogen-bond donors (Lipinski definition) is 0. The summed E-state index contributed by atoms with van der Waals surface area (Å²) in [6.07, 6.45) is 1.50. The molecule has 1 aliphatic rings. The molecule has 0 saturated carbocycles. The highest BCUT2D eigenvalue weighted by Crippen LogP contribution is 2.36. The topological polar surface area (TPSA) is 35.5 Å². The van der Waals surface area contributed by atoms with Gasteiger partial charge in [-0.2, -0.15) is 0 Å². The van der Waals surface area contributed by atoms with Crippen LogP contribution in [0, 0.1) is 0 Å². The number of ether oxygens (including phenoxy) is 2. The third-order valence-electron chi connectivity index (χ3n) is 3.13. The van der Waals surface area contributed by atoms with Crippen LogP contribution in [-0.4, -0.2) is 18.2 Å². The van der Waals surface area contributed by atoms with Crippen molar-refractivity contribution in [2.24, 2.45) is 0 Å². The summed E-state index contributed by atoms with van der Waals surface area (Å²) < 4.78 is 11.2. The van der Waals surface area contributed by atoms with Gasteiger partial charge < -0.3 is 9.47 Å². The Bertz CT molecular complexity index is 388. The predicted octanol–water partition coefficient (Wildman–Crippen LogP) is 2.86. The van der Waals surface area contributed by atoms with Gasteiger partial charge in [-0.15, -0.1) is 0 Å². The first-order valence-corrected chi connectivity index (χ1v) is 5.95. The molecule has 0 radical (unpaired) electrons. The maximum Gasteiger partial charge on any atom is 0.303 e. The molecule has 0 amide bonds. The van der Waals surface area contributed by atoms with Crippen LogP contribution in [0.25, 0.3) is 0 Å². The molecule has 0 spiro atoms. The fourth-order valence-corrected chi connectivity index (χ4v) is 2.29. The summed E-state index contributed by atoms with van der Waals surface area (Å²) >= 11 is 0. The first-order chi connectivity index (χ1) is 8.09. The third kappa shape index (κ3) is 3.07. The van der Waals surface area contributed by atoms with E-state index >= 15 is 0 Å². The first-order valence-electron chi connectivity index (χ1n) is 5.95. The van der Waals surface area contributed by atoms with Gasteiger partial charge in [0, 0.05) is 19.8 Å². The van der Waals surface area contributed by atoms with Gasteiger partial charge in [-0.3, -0.25) is 4.79 Å². The lowest BCUT2D eigenvalue weighted by Crippen LogP contribution is -2.38. The van der Waals surface area contributed by atoms with Gasteiger partial charge >= 0.3 is 5.97 Å². The molecule has 1 aliphatic heterocycles. The zero-order valence-electron chi connectivity index (χ0n) is 10.3. The van der Waals surface area contributed by atoms with Crippen LogP contribution in [0.15, 0.2) is 30.3 Å². The number of benzene rings is 1. The van der Waals surface area contributed by atoms with Crippen LogP contribution in [-0.2, 0) is 14.3 Å². The molecule has 3 heteroatoms. The van der Waals surface area contributed by atoms with E-state index < -0.39 is 5.60 Å². The highest BCUT2D eigenvalue weighted by Gasteiger charge is 2.36. The highest BCUT2D eigenvalue weighted by molar-refractivity contribution is 5.66. The zero-order chi connectivity index (χ0) is 12.3. The summed E-state index contributed by atoms with van der Waals surface area (Å²) in [5.41, 5.74) is 0.746. The smallest absolute Gasteiger partial charge is 0.303 e. The summed E-state index contributed by atoms with van der Waals surface area (Å²) in [6, 6.07) is 10.1. The SMILES string of the molecule is CC(=O)OC1(C)CCOC(c2ccccc2)C1. The molecule has 0 N–H and O–H groups in total. The van der Waals surface area contributed by atoms with E-state index in [-0.39, 0.29) is 12.1 Å². The molecular weight excluding hydrogens is 216 g/mol. The Labute approximate surface area is 102 Å². The van der Waals surface area contributed by atoms with Crippen molar-refractivity contribution in [3.63, 3.8) is 0 Å². The summed E-state index contributed by atoms with van der Waals surface area (Å²) in [7, 11) is 0. The second-order valence-electron chi connectivity index (χ2n) is 4.77. The highest BCUT2D eigenvalue weighted by atomic mass is 16.6. The second-order valence-corrected chi connectivity index (χ2v) is 4.77. The predicted molar refractivity (Wildman–Crippen MR) is 64.5 cm³/mol. The molecule has 17 heavy (non-hydrogen) atoms. The minimum Gasteiger partial charge on any atom is -0.459 e. The zero-order valence-corrected chi connectivity index (χ0v) is 10.3. The lowest BCUT2D eigenvalue weighted by atomic mass is 9.89. The average Bonchev–Trinajstić information content (AvgIpc) is 2.28. The molecule has 1 aromatic rings. The quantitative estimate of drug-likeness (QED) is 0.738. The molecule has 1 heterocycles. The van der Waals surface area contributed by atoms with Crippen molar-refractivity contribution in [1.82, 2.24) is 0 Å². The molecule has 1 saturated heterocycles. The molecule has 2 unspecified atom stereocenters. The van der Waals surface area contributed by atoms with Crippen LogP contribution in [0.5, 0.6) is 0 Å². The second kappa shape index (κ2) is 4.88. The maximum absolute atomic E-state index is 11.1. The Morgan fingerprint density at radius 3 is 2.76 bits per heavy atom. The first kappa shape index (κ1) is 12.1. The van der Waals surface area contributed by atoms with Crippen molar-refractivity contribution in [3.05, 3.63) is 35.9 Å². The van der Waals surface area contributed by atoms with E-state index in [0.29, 0.717) is 6.61 Å². The van der Waals surface area contributed by atoms with E-state index in [2.05, 4.69) is 0 Å². The van der Waals surface area contributed by atoms with E-state index in [1.165, 1.54) is 6.92 Å². The molecule has 3 nitrogen and oxygen atoms in total. The fourth-order valence-electron chi connectivity index (χ4n) is 2.29. The van der Waals surface area contributed by atoms with E-state index in [0.717, 1.165) is 18.4 Å². The molecule has 0 aliphatic carbocycles. The van der Waals surface area contributed by atoms with Gasteiger partial charge in [0.25, 0.3) is 0 Å². The van der Waals surface area contributed by atoms with Crippen LogP contribution in [0.4, 0.5) is 0 Å². The van der Waals surface area contributed by atoms with Gasteiger partial charge in [0.2, 0.25) is 0 Å². The Balaban J connectivity index is 2.09. The van der Waals surface area contributed by atoms with Crippen LogP contribution in [0.2, 0.25) is 0 Å². The molecule has 1 aromatic carbocycles. The van der Waals surface area contributed by atoms with Crippen LogP contribution >= 0.6 is 0 Å². The van der Waals surface area contributed by atoms with Crippen LogP contribution in [0.1, 0.15) is 38.4 Å². The van der Waals surface area contributed by atoms with E-state index in [1.54, 1.807) is 0 Å². The van der Waals surface area contributed by atoms with Crippen molar-refractivity contribution in [2.75, 3.05) is 6.61 Å². The molecule has 92 valence electrons. The summed E-state index contributed by atoms with van der Waals surface area (Å²) in [5.74, 6) is -0.221. The lowest BCUT2D eigenvalue weighted by molar-refractivity contribution is -0.170. The monoisotopic (exact) mass is 234 g/mol. The molecule has 0 aromatic heterocycles. The van der Waals surface area contributed by atoms with E-state index in [1.807, 2.05) is 37.3 Å².